The van der Waals surface area contributed by atoms with E-state index in [9.17, 15) is 22.8 Å². The molecule has 0 radical (unpaired) electrons. The zero-order valence-electron chi connectivity index (χ0n) is 9.22. The molecule has 1 aromatic rings. The summed E-state index contributed by atoms with van der Waals surface area (Å²) in [5.41, 5.74) is -3.40. The number of halogens is 3. The first-order valence-corrected chi connectivity index (χ1v) is 4.90. The third-order valence-electron chi connectivity index (χ3n) is 2.03. The summed E-state index contributed by atoms with van der Waals surface area (Å²) in [4.78, 5) is 22.6. The SMILES string of the molecule is CCOC(=O)c1c(C(F)(F)F)n(CC)[nH]c1=O. The summed E-state index contributed by atoms with van der Waals surface area (Å²) in [6, 6.07) is 0. The van der Waals surface area contributed by atoms with Gasteiger partial charge in [-0.05, 0) is 13.8 Å². The molecular formula is C9H11F3N2O3. The van der Waals surface area contributed by atoms with Gasteiger partial charge in [0.05, 0.1) is 6.61 Å². The van der Waals surface area contributed by atoms with Crippen LogP contribution >= 0.6 is 0 Å². The van der Waals surface area contributed by atoms with Crippen molar-refractivity contribution in [1.82, 2.24) is 9.78 Å². The summed E-state index contributed by atoms with van der Waals surface area (Å²) in [5.74, 6) is -1.27. The van der Waals surface area contributed by atoms with Gasteiger partial charge in [0, 0.05) is 6.54 Å². The molecule has 5 nitrogen and oxygen atoms in total. The van der Waals surface area contributed by atoms with Crippen molar-refractivity contribution in [2.45, 2.75) is 26.6 Å². The van der Waals surface area contributed by atoms with Crippen LogP contribution in [0.25, 0.3) is 0 Å². The lowest BCUT2D eigenvalue weighted by Crippen LogP contribution is -2.21. The summed E-state index contributed by atoms with van der Waals surface area (Å²) < 4.78 is 43.2. The third-order valence-corrected chi connectivity index (χ3v) is 2.03. The maximum atomic E-state index is 12.7. The van der Waals surface area contributed by atoms with Crippen molar-refractivity contribution in [1.29, 1.82) is 0 Å². The molecule has 17 heavy (non-hydrogen) atoms. The molecule has 96 valence electrons. The van der Waals surface area contributed by atoms with E-state index in [-0.39, 0.29) is 13.2 Å². The zero-order valence-corrected chi connectivity index (χ0v) is 9.22. The monoisotopic (exact) mass is 252 g/mol. The second-order valence-electron chi connectivity index (χ2n) is 3.13. The van der Waals surface area contributed by atoms with Crippen LogP contribution in [-0.4, -0.2) is 22.4 Å². The van der Waals surface area contributed by atoms with Gasteiger partial charge in [-0.1, -0.05) is 0 Å². The Morgan fingerprint density at radius 1 is 1.41 bits per heavy atom. The second-order valence-corrected chi connectivity index (χ2v) is 3.13. The number of hydrogen-bond donors (Lipinski definition) is 1. The molecule has 0 aromatic carbocycles. The van der Waals surface area contributed by atoms with E-state index in [0.717, 1.165) is 0 Å². The summed E-state index contributed by atoms with van der Waals surface area (Å²) in [7, 11) is 0. The topological polar surface area (TPSA) is 64.1 Å². The minimum absolute atomic E-state index is 0.104. The van der Waals surface area contributed by atoms with Crippen molar-refractivity contribution in [3.8, 4) is 0 Å². The van der Waals surface area contributed by atoms with Crippen LogP contribution in [0.15, 0.2) is 4.79 Å². The van der Waals surface area contributed by atoms with E-state index in [1.165, 1.54) is 13.8 Å². The van der Waals surface area contributed by atoms with Crippen LogP contribution in [0.1, 0.15) is 29.9 Å². The molecule has 0 aliphatic carbocycles. The molecule has 0 aliphatic heterocycles. The Morgan fingerprint density at radius 2 is 2.00 bits per heavy atom. The summed E-state index contributed by atoms with van der Waals surface area (Å²) in [5, 5.41) is 1.95. The van der Waals surface area contributed by atoms with E-state index in [4.69, 9.17) is 0 Å². The van der Waals surface area contributed by atoms with Gasteiger partial charge in [-0.15, -0.1) is 0 Å². The van der Waals surface area contributed by atoms with Gasteiger partial charge in [0.25, 0.3) is 5.56 Å². The fourth-order valence-corrected chi connectivity index (χ4v) is 1.40. The minimum Gasteiger partial charge on any atom is -0.462 e. The van der Waals surface area contributed by atoms with Crippen LogP contribution in [0, 0.1) is 0 Å². The second kappa shape index (κ2) is 4.64. The van der Waals surface area contributed by atoms with Gasteiger partial charge in [0.15, 0.2) is 11.3 Å². The molecular weight excluding hydrogens is 241 g/mol. The molecule has 1 N–H and O–H groups in total. The highest BCUT2D eigenvalue weighted by Crippen LogP contribution is 2.30. The summed E-state index contributed by atoms with van der Waals surface area (Å²) in [6.07, 6.45) is -4.79. The van der Waals surface area contributed by atoms with Gasteiger partial charge in [0.1, 0.15) is 0 Å². The third kappa shape index (κ3) is 2.51. The predicted molar refractivity (Wildman–Crippen MR) is 51.7 cm³/mol. The lowest BCUT2D eigenvalue weighted by Gasteiger charge is -2.10. The quantitative estimate of drug-likeness (QED) is 0.827. The number of rotatable bonds is 3. The fraction of sp³-hybridized carbons (Fsp3) is 0.556. The average Bonchev–Trinajstić information content (AvgIpc) is 2.55. The molecule has 0 fully saturated rings. The molecule has 0 saturated carbocycles. The maximum Gasteiger partial charge on any atom is 0.433 e. The van der Waals surface area contributed by atoms with Crippen molar-refractivity contribution in [3.05, 3.63) is 21.6 Å². The normalized spacial score (nSPS) is 11.6. The lowest BCUT2D eigenvalue weighted by atomic mass is 10.2. The molecule has 1 aromatic heterocycles. The highest BCUT2D eigenvalue weighted by molar-refractivity contribution is 5.90. The zero-order chi connectivity index (χ0) is 13.2. The molecule has 0 atom stereocenters. The molecule has 1 rings (SSSR count). The van der Waals surface area contributed by atoms with Crippen LogP contribution < -0.4 is 5.56 Å². The number of aromatic nitrogens is 2. The van der Waals surface area contributed by atoms with E-state index in [2.05, 4.69) is 4.74 Å². The van der Waals surface area contributed by atoms with Crippen molar-refractivity contribution >= 4 is 5.97 Å². The first kappa shape index (κ1) is 13.3. The van der Waals surface area contributed by atoms with Gasteiger partial charge < -0.3 is 4.74 Å². The number of hydrogen-bond acceptors (Lipinski definition) is 3. The number of carbonyl (C=O) groups excluding carboxylic acids is 1. The maximum absolute atomic E-state index is 12.7. The molecule has 0 amide bonds. The molecule has 1 heterocycles. The Morgan fingerprint density at radius 3 is 2.41 bits per heavy atom. The highest BCUT2D eigenvalue weighted by atomic mass is 19.4. The number of nitrogens with zero attached hydrogens (tertiary/aromatic N) is 1. The van der Waals surface area contributed by atoms with E-state index >= 15 is 0 Å². The van der Waals surface area contributed by atoms with Gasteiger partial charge in [-0.3, -0.25) is 14.6 Å². The number of nitrogens with one attached hydrogen (secondary N) is 1. The van der Waals surface area contributed by atoms with Gasteiger partial charge in [-0.25, -0.2) is 4.79 Å². The predicted octanol–water partition coefficient (Wildman–Crippen LogP) is 1.39. The summed E-state index contributed by atoms with van der Waals surface area (Å²) in [6.45, 7) is 2.65. The van der Waals surface area contributed by atoms with E-state index in [1.54, 1.807) is 0 Å². The molecule has 0 saturated heterocycles. The number of ether oxygens (including phenoxy) is 1. The molecule has 0 unspecified atom stereocenters. The Bertz CT molecular complexity index is 473. The lowest BCUT2D eigenvalue weighted by molar-refractivity contribution is -0.144. The highest BCUT2D eigenvalue weighted by Gasteiger charge is 2.41. The van der Waals surface area contributed by atoms with Crippen molar-refractivity contribution in [3.63, 3.8) is 0 Å². The number of H-pyrrole nitrogens is 1. The number of aryl methyl sites for hydroxylation is 1. The first-order chi connectivity index (χ1) is 7.82. The van der Waals surface area contributed by atoms with E-state index in [0.29, 0.717) is 4.68 Å². The van der Waals surface area contributed by atoms with Gasteiger partial charge in [-0.2, -0.15) is 13.2 Å². The molecule has 8 heteroatoms. The number of aromatic amines is 1. The van der Waals surface area contributed by atoms with Crippen LogP contribution in [0.5, 0.6) is 0 Å². The minimum atomic E-state index is -4.79. The number of esters is 1. The van der Waals surface area contributed by atoms with Crippen LogP contribution in [-0.2, 0) is 17.5 Å². The Kier molecular flexibility index (Phi) is 3.64. The van der Waals surface area contributed by atoms with Crippen LogP contribution in [0.3, 0.4) is 0 Å². The molecule has 0 aliphatic rings. The largest absolute Gasteiger partial charge is 0.462 e. The number of alkyl halides is 3. The smallest absolute Gasteiger partial charge is 0.433 e. The number of carbonyl (C=O) groups is 1. The van der Waals surface area contributed by atoms with E-state index < -0.39 is 29.0 Å². The Balaban J connectivity index is 3.43. The van der Waals surface area contributed by atoms with Crippen molar-refractivity contribution < 1.29 is 22.7 Å². The first-order valence-electron chi connectivity index (χ1n) is 4.90. The van der Waals surface area contributed by atoms with Crippen LogP contribution in [0.4, 0.5) is 13.2 Å². The Hall–Kier alpha value is -1.73. The Labute approximate surface area is 94.2 Å². The molecule has 0 spiro atoms. The standard InChI is InChI=1S/C9H11F3N2O3/c1-3-14-6(9(10,11)12)5(7(15)13-14)8(16)17-4-2/h3-4H2,1-2H3,(H,13,15). The van der Waals surface area contributed by atoms with E-state index in [1.807, 2.05) is 5.10 Å². The van der Waals surface area contributed by atoms with Crippen LogP contribution in [0.2, 0.25) is 0 Å². The molecule has 0 bridgehead atoms. The van der Waals surface area contributed by atoms with Crippen molar-refractivity contribution in [2.24, 2.45) is 0 Å². The van der Waals surface area contributed by atoms with Gasteiger partial charge >= 0.3 is 12.1 Å². The summed E-state index contributed by atoms with van der Waals surface area (Å²) >= 11 is 0. The fourth-order valence-electron chi connectivity index (χ4n) is 1.40. The van der Waals surface area contributed by atoms with Gasteiger partial charge in [0.2, 0.25) is 0 Å². The average molecular weight is 252 g/mol. The van der Waals surface area contributed by atoms with Crippen molar-refractivity contribution in [2.75, 3.05) is 6.61 Å².